The molecule has 1 fully saturated rings. The molecule has 0 bridgehead atoms. The summed E-state index contributed by atoms with van der Waals surface area (Å²) in [5.74, 6) is -0.0913. The molecule has 0 atom stereocenters. The van der Waals surface area contributed by atoms with Crippen LogP contribution in [0.15, 0.2) is 4.47 Å². The van der Waals surface area contributed by atoms with Crippen LogP contribution in [0.3, 0.4) is 0 Å². The van der Waals surface area contributed by atoms with Gasteiger partial charge in [-0.15, -0.1) is 0 Å². The second kappa shape index (κ2) is 8.67. The van der Waals surface area contributed by atoms with E-state index in [0.717, 1.165) is 28.7 Å². The first-order chi connectivity index (χ1) is 13.6. The van der Waals surface area contributed by atoms with Crippen molar-refractivity contribution < 1.29 is 18.0 Å². The highest BCUT2D eigenvalue weighted by atomic mass is 79.9. The number of hydrogen-bond acceptors (Lipinski definition) is 3. The van der Waals surface area contributed by atoms with E-state index in [2.05, 4.69) is 31.4 Å². The van der Waals surface area contributed by atoms with E-state index in [0.29, 0.717) is 25.2 Å². The van der Waals surface area contributed by atoms with Crippen molar-refractivity contribution in [2.24, 2.45) is 0 Å². The zero-order valence-electron chi connectivity index (χ0n) is 16.1. The first-order valence-corrected chi connectivity index (χ1v) is 10.6. The van der Waals surface area contributed by atoms with Gasteiger partial charge in [0.05, 0.1) is 27.4 Å². The van der Waals surface area contributed by atoms with Crippen molar-refractivity contribution in [3.8, 4) is 0 Å². The van der Waals surface area contributed by atoms with Crippen molar-refractivity contribution in [2.45, 2.75) is 64.7 Å². The monoisotopic (exact) mass is 495 g/mol. The number of aromatic nitrogens is 4. The summed E-state index contributed by atoms with van der Waals surface area (Å²) >= 11 is 9.40. The molecule has 0 spiro atoms. The standard InChI is InChI=1S/C18H22BrClF3N5O/c1-10-14(19)11(2)27(25-10)9-6-13(29)24-7-3-8-28-16(12-4-5-12)15(20)17(26-28)18(21,22)23/h12H,3-9H2,1-2H3,(H,24,29). The van der Waals surface area contributed by atoms with Crippen LogP contribution in [0.2, 0.25) is 5.02 Å². The van der Waals surface area contributed by atoms with Gasteiger partial charge in [0.1, 0.15) is 0 Å². The second-order valence-electron chi connectivity index (χ2n) is 7.20. The fourth-order valence-corrected chi connectivity index (χ4v) is 3.88. The molecule has 0 radical (unpaired) electrons. The van der Waals surface area contributed by atoms with E-state index in [9.17, 15) is 18.0 Å². The van der Waals surface area contributed by atoms with E-state index in [1.54, 1.807) is 4.68 Å². The van der Waals surface area contributed by atoms with Gasteiger partial charge in [0.25, 0.3) is 0 Å². The van der Waals surface area contributed by atoms with E-state index in [1.165, 1.54) is 4.68 Å². The summed E-state index contributed by atoms with van der Waals surface area (Å²) in [4.78, 5) is 12.0. The number of rotatable bonds is 8. The molecule has 1 aliphatic carbocycles. The molecule has 2 heterocycles. The molecule has 0 unspecified atom stereocenters. The van der Waals surface area contributed by atoms with Crippen LogP contribution in [-0.2, 0) is 24.1 Å². The number of aryl methyl sites for hydroxylation is 3. The van der Waals surface area contributed by atoms with Crippen LogP contribution >= 0.6 is 27.5 Å². The summed E-state index contributed by atoms with van der Waals surface area (Å²) in [6.07, 6.45) is -2.19. The Kier molecular flexibility index (Phi) is 6.62. The van der Waals surface area contributed by atoms with Gasteiger partial charge in [0.15, 0.2) is 5.69 Å². The molecule has 3 rings (SSSR count). The summed E-state index contributed by atoms with van der Waals surface area (Å²) in [7, 11) is 0. The van der Waals surface area contributed by atoms with Crippen LogP contribution in [0, 0.1) is 13.8 Å². The Morgan fingerprint density at radius 2 is 1.93 bits per heavy atom. The maximum absolute atomic E-state index is 13.1. The maximum Gasteiger partial charge on any atom is 0.436 e. The minimum absolute atomic E-state index is 0.0424. The number of nitrogens with one attached hydrogen (secondary N) is 1. The molecule has 0 aliphatic heterocycles. The Hall–Kier alpha value is -1.55. The molecule has 1 amide bonds. The van der Waals surface area contributed by atoms with Gasteiger partial charge in [-0.1, -0.05) is 11.6 Å². The molecule has 0 aromatic carbocycles. The number of carbonyl (C=O) groups is 1. The van der Waals surface area contributed by atoms with Gasteiger partial charge in [-0.25, -0.2) is 0 Å². The van der Waals surface area contributed by atoms with Gasteiger partial charge in [-0.3, -0.25) is 14.2 Å². The lowest BCUT2D eigenvalue weighted by atomic mass is 10.2. The van der Waals surface area contributed by atoms with E-state index in [-0.39, 0.29) is 29.8 Å². The first-order valence-electron chi connectivity index (χ1n) is 9.39. The van der Waals surface area contributed by atoms with Crippen LogP contribution in [0.5, 0.6) is 0 Å². The third-order valence-electron chi connectivity index (χ3n) is 4.88. The number of alkyl halides is 3. The first kappa shape index (κ1) is 22.1. The average Bonchev–Trinajstić information content (AvgIpc) is 3.37. The molecule has 6 nitrogen and oxygen atoms in total. The molecule has 29 heavy (non-hydrogen) atoms. The number of halogens is 5. The quantitative estimate of drug-likeness (QED) is 0.543. The minimum atomic E-state index is -4.57. The van der Waals surface area contributed by atoms with Gasteiger partial charge in [-0.05, 0) is 49.0 Å². The highest BCUT2D eigenvalue weighted by molar-refractivity contribution is 9.10. The Labute approximate surface area is 179 Å². The predicted molar refractivity (Wildman–Crippen MR) is 106 cm³/mol. The van der Waals surface area contributed by atoms with Crippen molar-refractivity contribution in [1.29, 1.82) is 0 Å². The molecule has 0 saturated heterocycles. The molecular weight excluding hydrogens is 475 g/mol. The Balaban J connectivity index is 1.49. The fraction of sp³-hybridized carbons (Fsp3) is 0.611. The SMILES string of the molecule is Cc1nn(CCC(=O)NCCCn2nc(C(F)(F)F)c(Cl)c2C2CC2)c(C)c1Br. The Morgan fingerprint density at radius 1 is 1.24 bits per heavy atom. The number of carbonyl (C=O) groups excluding carboxylic acids is 1. The van der Waals surface area contributed by atoms with Gasteiger partial charge < -0.3 is 5.32 Å². The zero-order chi connectivity index (χ0) is 21.3. The molecule has 2 aromatic rings. The smallest absolute Gasteiger partial charge is 0.356 e. The molecule has 1 aliphatic rings. The summed E-state index contributed by atoms with van der Waals surface area (Å²) < 4.78 is 43.3. The lowest BCUT2D eigenvalue weighted by Gasteiger charge is -2.09. The van der Waals surface area contributed by atoms with Crippen molar-refractivity contribution >= 4 is 33.4 Å². The van der Waals surface area contributed by atoms with Crippen LogP contribution in [0.25, 0.3) is 0 Å². The van der Waals surface area contributed by atoms with Crippen LogP contribution in [0.1, 0.15) is 54.4 Å². The number of nitrogens with zero attached hydrogens (tertiary/aromatic N) is 4. The molecule has 1 N–H and O–H groups in total. The largest absolute Gasteiger partial charge is 0.436 e. The molecule has 1 saturated carbocycles. The van der Waals surface area contributed by atoms with E-state index >= 15 is 0 Å². The molecular formula is C18H22BrClF3N5O. The van der Waals surface area contributed by atoms with Gasteiger partial charge in [-0.2, -0.15) is 23.4 Å². The highest BCUT2D eigenvalue weighted by Gasteiger charge is 2.41. The second-order valence-corrected chi connectivity index (χ2v) is 8.38. The third kappa shape index (κ3) is 5.14. The van der Waals surface area contributed by atoms with Crippen LogP contribution < -0.4 is 5.32 Å². The Morgan fingerprint density at radius 3 is 2.48 bits per heavy atom. The third-order valence-corrected chi connectivity index (χ3v) is 6.40. The van der Waals surface area contributed by atoms with Crippen molar-refractivity contribution in [3.05, 3.63) is 32.3 Å². The summed E-state index contributed by atoms with van der Waals surface area (Å²) in [6, 6.07) is 0. The maximum atomic E-state index is 13.1. The van der Waals surface area contributed by atoms with Crippen molar-refractivity contribution in [1.82, 2.24) is 24.9 Å². The van der Waals surface area contributed by atoms with E-state index < -0.39 is 11.9 Å². The molecule has 2 aromatic heterocycles. The highest BCUT2D eigenvalue weighted by Crippen LogP contribution is 2.46. The summed E-state index contributed by atoms with van der Waals surface area (Å²) in [6.45, 7) is 4.88. The van der Waals surface area contributed by atoms with Crippen LogP contribution in [-0.4, -0.2) is 32.0 Å². The number of amides is 1. The molecule has 11 heteroatoms. The minimum Gasteiger partial charge on any atom is -0.356 e. The fourth-order valence-electron chi connectivity index (χ4n) is 3.20. The molecule has 160 valence electrons. The normalized spacial score (nSPS) is 14.4. The summed E-state index contributed by atoms with van der Waals surface area (Å²) in [5, 5.41) is 10.5. The lowest BCUT2D eigenvalue weighted by molar-refractivity contribution is -0.141. The van der Waals surface area contributed by atoms with E-state index in [1.807, 2.05) is 13.8 Å². The lowest BCUT2D eigenvalue weighted by Crippen LogP contribution is -2.26. The van der Waals surface area contributed by atoms with Gasteiger partial charge >= 0.3 is 6.18 Å². The van der Waals surface area contributed by atoms with E-state index in [4.69, 9.17) is 11.6 Å². The Bertz CT molecular complexity index is 904. The average molecular weight is 497 g/mol. The number of hydrogen-bond donors (Lipinski definition) is 1. The van der Waals surface area contributed by atoms with Crippen LogP contribution in [0.4, 0.5) is 13.2 Å². The summed E-state index contributed by atoms with van der Waals surface area (Å²) in [5.41, 5.74) is 1.26. The van der Waals surface area contributed by atoms with Gasteiger partial charge in [0, 0.05) is 31.1 Å². The zero-order valence-corrected chi connectivity index (χ0v) is 18.5. The predicted octanol–water partition coefficient (Wildman–Crippen LogP) is 4.61. The van der Waals surface area contributed by atoms with Gasteiger partial charge in [0.2, 0.25) is 5.91 Å². The van der Waals surface area contributed by atoms with Crippen molar-refractivity contribution in [3.63, 3.8) is 0 Å². The topological polar surface area (TPSA) is 64.7 Å². The van der Waals surface area contributed by atoms with Crippen molar-refractivity contribution in [2.75, 3.05) is 6.54 Å².